The lowest BCUT2D eigenvalue weighted by molar-refractivity contribution is -0.144. The molecule has 0 spiro atoms. The summed E-state index contributed by atoms with van der Waals surface area (Å²) in [4.78, 5) is 25.0. The van der Waals surface area contributed by atoms with Crippen molar-refractivity contribution in [2.75, 3.05) is 6.54 Å². The Morgan fingerprint density at radius 3 is 2.17 bits per heavy atom. The maximum Gasteiger partial charge on any atom is 0.229 e. The van der Waals surface area contributed by atoms with E-state index in [1.54, 1.807) is 0 Å². The predicted octanol–water partition coefficient (Wildman–Crippen LogP) is 1.62. The van der Waals surface area contributed by atoms with Gasteiger partial charge in [-0.1, -0.05) is 30.3 Å². The fraction of sp³-hybridized carbons (Fsp3) is 0.429. The Hall–Kier alpha value is -1.68. The van der Waals surface area contributed by atoms with Crippen molar-refractivity contribution >= 4 is 11.8 Å². The van der Waals surface area contributed by atoms with Crippen LogP contribution >= 0.6 is 0 Å². The number of nitrogens with two attached hydrogens (primary N) is 1. The van der Waals surface area contributed by atoms with Crippen LogP contribution in [0.5, 0.6) is 0 Å². The average Bonchev–Trinajstić information content (AvgIpc) is 2.55. The minimum atomic E-state index is -0.308. The summed E-state index contributed by atoms with van der Waals surface area (Å²) < 4.78 is 0. The topological polar surface area (TPSA) is 63.4 Å². The lowest BCUT2D eigenvalue weighted by atomic mass is 10.1. The minimum absolute atomic E-state index is 0.0936. The van der Waals surface area contributed by atoms with Crippen molar-refractivity contribution in [3.05, 3.63) is 35.9 Å². The third-order valence-corrected chi connectivity index (χ3v) is 3.24. The minimum Gasteiger partial charge on any atom is -0.322 e. The number of nitrogens with zero attached hydrogens (tertiary/aromatic N) is 1. The molecule has 4 nitrogen and oxygen atoms in total. The summed E-state index contributed by atoms with van der Waals surface area (Å²) in [5.41, 5.74) is 7.00. The second-order valence-electron chi connectivity index (χ2n) is 4.62. The van der Waals surface area contributed by atoms with Crippen LogP contribution in [-0.2, 0) is 9.59 Å². The Kier molecular flexibility index (Phi) is 4.10. The first-order valence-electron chi connectivity index (χ1n) is 6.32. The van der Waals surface area contributed by atoms with E-state index in [1.165, 1.54) is 4.90 Å². The maximum atomic E-state index is 11.8. The van der Waals surface area contributed by atoms with Gasteiger partial charge in [-0.2, -0.15) is 0 Å². The second-order valence-corrected chi connectivity index (χ2v) is 4.62. The molecule has 1 aliphatic rings. The van der Waals surface area contributed by atoms with E-state index >= 15 is 0 Å². The molecule has 1 aliphatic heterocycles. The first-order valence-corrected chi connectivity index (χ1v) is 6.32. The van der Waals surface area contributed by atoms with Crippen molar-refractivity contribution in [1.29, 1.82) is 0 Å². The van der Waals surface area contributed by atoms with Crippen molar-refractivity contribution in [3.63, 3.8) is 0 Å². The van der Waals surface area contributed by atoms with E-state index in [0.29, 0.717) is 12.8 Å². The third-order valence-electron chi connectivity index (χ3n) is 3.24. The normalized spacial score (nSPS) is 18.6. The monoisotopic (exact) mass is 246 g/mol. The predicted molar refractivity (Wildman–Crippen MR) is 68.6 cm³/mol. The summed E-state index contributed by atoms with van der Waals surface area (Å²) in [5.74, 6) is -0.187. The van der Waals surface area contributed by atoms with E-state index in [0.717, 1.165) is 18.4 Å². The molecule has 0 aromatic heterocycles. The van der Waals surface area contributed by atoms with Gasteiger partial charge in [-0.15, -0.1) is 0 Å². The van der Waals surface area contributed by atoms with Crippen LogP contribution in [0.3, 0.4) is 0 Å². The molecule has 2 N–H and O–H groups in total. The Bertz CT molecular complexity index is 413. The Morgan fingerprint density at radius 2 is 1.61 bits per heavy atom. The SMILES string of the molecule is NC(CN1C(=O)CCCCC1=O)c1ccccc1. The van der Waals surface area contributed by atoms with Gasteiger partial charge in [0.15, 0.2) is 0 Å². The van der Waals surface area contributed by atoms with Gasteiger partial charge in [-0.3, -0.25) is 14.5 Å². The summed E-state index contributed by atoms with van der Waals surface area (Å²) in [6.07, 6.45) is 2.49. The zero-order chi connectivity index (χ0) is 13.0. The van der Waals surface area contributed by atoms with Gasteiger partial charge in [0.2, 0.25) is 11.8 Å². The Morgan fingerprint density at radius 1 is 1.06 bits per heavy atom. The first kappa shape index (κ1) is 12.8. The molecule has 1 fully saturated rings. The third kappa shape index (κ3) is 2.96. The first-order chi connectivity index (χ1) is 8.68. The van der Waals surface area contributed by atoms with E-state index in [-0.39, 0.29) is 24.4 Å². The second kappa shape index (κ2) is 5.78. The standard InChI is InChI=1S/C14H18N2O2/c15-12(11-6-2-1-3-7-11)10-16-13(17)8-4-5-9-14(16)18/h1-3,6-7,12H,4-5,8-10,15H2. The molecule has 0 saturated carbocycles. The lowest BCUT2D eigenvalue weighted by Gasteiger charge is -2.22. The molecule has 2 rings (SSSR count). The highest BCUT2D eigenvalue weighted by Crippen LogP contribution is 2.17. The van der Waals surface area contributed by atoms with Crippen LogP contribution in [-0.4, -0.2) is 23.3 Å². The van der Waals surface area contributed by atoms with Crippen LogP contribution in [0, 0.1) is 0 Å². The molecule has 1 atom stereocenters. The van der Waals surface area contributed by atoms with Gasteiger partial charge >= 0.3 is 0 Å². The number of carbonyl (C=O) groups excluding carboxylic acids is 2. The summed E-state index contributed by atoms with van der Waals surface area (Å²) in [7, 11) is 0. The van der Waals surface area contributed by atoms with Gasteiger partial charge in [0.25, 0.3) is 0 Å². The molecule has 0 aliphatic carbocycles. The van der Waals surface area contributed by atoms with Crippen molar-refractivity contribution < 1.29 is 9.59 Å². The number of hydrogen-bond donors (Lipinski definition) is 1. The van der Waals surface area contributed by atoms with Crippen molar-refractivity contribution in [1.82, 2.24) is 4.90 Å². The number of amides is 2. The Labute approximate surface area is 107 Å². The molecular formula is C14H18N2O2. The molecule has 1 aromatic carbocycles. The van der Waals surface area contributed by atoms with E-state index in [4.69, 9.17) is 5.73 Å². The molecule has 1 aromatic rings. The number of rotatable bonds is 3. The zero-order valence-corrected chi connectivity index (χ0v) is 10.3. The van der Waals surface area contributed by atoms with E-state index in [2.05, 4.69) is 0 Å². The van der Waals surface area contributed by atoms with Crippen molar-refractivity contribution in [3.8, 4) is 0 Å². The molecule has 2 amide bonds. The fourth-order valence-electron chi connectivity index (χ4n) is 2.17. The van der Waals surface area contributed by atoms with Gasteiger partial charge in [0.1, 0.15) is 0 Å². The van der Waals surface area contributed by atoms with Crippen molar-refractivity contribution in [2.45, 2.75) is 31.7 Å². The quantitative estimate of drug-likeness (QED) is 0.824. The average molecular weight is 246 g/mol. The largest absolute Gasteiger partial charge is 0.322 e. The molecule has 96 valence electrons. The summed E-state index contributed by atoms with van der Waals surface area (Å²) in [6, 6.07) is 9.24. The molecule has 1 heterocycles. The number of carbonyl (C=O) groups is 2. The number of likely N-dealkylation sites (tertiary alicyclic amines) is 1. The van der Waals surface area contributed by atoms with Gasteiger partial charge < -0.3 is 5.73 Å². The molecule has 1 unspecified atom stereocenters. The number of imide groups is 1. The van der Waals surface area contributed by atoms with E-state index in [9.17, 15) is 9.59 Å². The highest BCUT2D eigenvalue weighted by atomic mass is 16.2. The molecular weight excluding hydrogens is 228 g/mol. The van der Waals surface area contributed by atoms with E-state index < -0.39 is 0 Å². The Balaban J connectivity index is 2.07. The summed E-state index contributed by atoms with van der Waals surface area (Å²) in [5, 5.41) is 0. The molecule has 1 saturated heterocycles. The zero-order valence-electron chi connectivity index (χ0n) is 10.3. The van der Waals surface area contributed by atoms with E-state index in [1.807, 2.05) is 30.3 Å². The van der Waals surface area contributed by atoms with Crippen LogP contribution in [0.1, 0.15) is 37.3 Å². The van der Waals surface area contributed by atoms with Crippen LogP contribution in [0.15, 0.2) is 30.3 Å². The molecule has 0 radical (unpaired) electrons. The lowest BCUT2D eigenvalue weighted by Crippen LogP contribution is -2.40. The van der Waals surface area contributed by atoms with Gasteiger partial charge in [0, 0.05) is 25.4 Å². The van der Waals surface area contributed by atoms with Crippen LogP contribution in [0.2, 0.25) is 0 Å². The van der Waals surface area contributed by atoms with Gasteiger partial charge in [-0.25, -0.2) is 0 Å². The molecule has 0 bridgehead atoms. The molecule has 4 heteroatoms. The summed E-state index contributed by atoms with van der Waals surface area (Å²) in [6.45, 7) is 0.279. The fourth-order valence-corrected chi connectivity index (χ4v) is 2.17. The van der Waals surface area contributed by atoms with Crippen LogP contribution in [0.25, 0.3) is 0 Å². The van der Waals surface area contributed by atoms with Gasteiger partial charge in [0.05, 0.1) is 0 Å². The number of benzene rings is 1. The summed E-state index contributed by atoms with van der Waals surface area (Å²) >= 11 is 0. The maximum absolute atomic E-state index is 11.8. The highest BCUT2D eigenvalue weighted by molar-refractivity contribution is 5.96. The smallest absolute Gasteiger partial charge is 0.229 e. The van der Waals surface area contributed by atoms with Crippen LogP contribution < -0.4 is 5.73 Å². The van der Waals surface area contributed by atoms with Crippen LogP contribution in [0.4, 0.5) is 0 Å². The van der Waals surface area contributed by atoms with Gasteiger partial charge in [-0.05, 0) is 18.4 Å². The highest BCUT2D eigenvalue weighted by Gasteiger charge is 2.25. The van der Waals surface area contributed by atoms with Crippen molar-refractivity contribution in [2.24, 2.45) is 5.73 Å². The molecule has 18 heavy (non-hydrogen) atoms. The number of hydrogen-bond acceptors (Lipinski definition) is 3.